The Morgan fingerprint density at radius 2 is 1.75 bits per heavy atom. The summed E-state index contributed by atoms with van der Waals surface area (Å²) in [6, 6.07) is 10.9. The number of pyridine rings is 1. The Labute approximate surface area is 208 Å². The molecule has 3 aromatic rings. The van der Waals surface area contributed by atoms with Gasteiger partial charge in [0.05, 0.1) is 6.54 Å². The summed E-state index contributed by atoms with van der Waals surface area (Å²) in [5.41, 5.74) is 1.47. The van der Waals surface area contributed by atoms with Crippen LogP contribution >= 0.6 is 0 Å². The molecule has 1 aliphatic heterocycles. The number of nitrogens with zero attached hydrogens (tertiary/aromatic N) is 4. The zero-order chi connectivity index (χ0) is 25.9. The minimum Gasteiger partial charge on any atom is -0.359 e. The lowest BCUT2D eigenvalue weighted by molar-refractivity contribution is -0.502. The van der Waals surface area contributed by atoms with Gasteiger partial charge in [0.2, 0.25) is 6.04 Å². The van der Waals surface area contributed by atoms with Crippen molar-refractivity contribution in [1.29, 1.82) is 0 Å². The van der Waals surface area contributed by atoms with Crippen molar-refractivity contribution in [3.8, 4) is 0 Å². The fourth-order valence-corrected chi connectivity index (χ4v) is 3.76. The maximum Gasteiger partial charge on any atom is 0.324 e. The average Bonchev–Trinajstić information content (AvgIpc) is 3.49. The van der Waals surface area contributed by atoms with E-state index in [9.17, 15) is 14.5 Å². The molecule has 0 bridgehead atoms. The minimum absolute atomic E-state index is 0.109. The van der Waals surface area contributed by atoms with Crippen molar-refractivity contribution in [2.45, 2.75) is 38.6 Å². The molecule has 36 heavy (non-hydrogen) atoms. The fourth-order valence-electron chi connectivity index (χ4n) is 3.76. The van der Waals surface area contributed by atoms with Crippen LogP contribution in [-0.2, 0) is 5.41 Å². The predicted molar refractivity (Wildman–Crippen MR) is 136 cm³/mol. The molecule has 188 valence electrons. The number of likely N-dealkylation sites (N-methyl/N-ethyl adjacent to an activating group) is 1. The third kappa shape index (κ3) is 6.11. The van der Waals surface area contributed by atoms with Crippen molar-refractivity contribution in [3.05, 3.63) is 65.0 Å². The van der Waals surface area contributed by atoms with Gasteiger partial charge in [-0.3, -0.25) is 15.0 Å². The van der Waals surface area contributed by atoms with Crippen LogP contribution in [0.2, 0.25) is 0 Å². The lowest BCUT2D eigenvalue weighted by Crippen LogP contribution is -2.24. The molecule has 11 nitrogen and oxygen atoms in total. The van der Waals surface area contributed by atoms with E-state index in [0.717, 1.165) is 17.7 Å². The van der Waals surface area contributed by atoms with E-state index in [4.69, 9.17) is 4.52 Å². The molecule has 4 rings (SSSR count). The predicted octanol–water partition coefficient (Wildman–Crippen LogP) is 4.38. The van der Waals surface area contributed by atoms with Crippen LogP contribution in [0.4, 0.5) is 27.7 Å². The van der Waals surface area contributed by atoms with Crippen molar-refractivity contribution in [3.63, 3.8) is 0 Å². The number of aromatic nitrogens is 2. The van der Waals surface area contributed by atoms with Crippen molar-refractivity contribution >= 4 is 34.8 Å². The first-order valence-corrected chi connectivity index (χ1v) is 11.7. The van der Waals surface area contributed by atoms with E-state index in [2.05, 4.69) is 31.0 Å². The molecule has 1 aromatic carbocycles. The summed E-state index contributed by atoms with van der Waals surface area (Å²) in [5.74, 6) is 0.572. The molecule has 2 aromatic heterocycles. The highest BCUT2D eigenvalue weighted by atomic mass is 16.5. The van der Waals surface area contributed by atoms with E-state index in [0.29, 0.717) is 35.2 Å². The Morgan fingerprint density at radius 1 is 1.06 bits per heavy atom. The SMILES string of the molecule is CN1CCC([N+](=O)c2ccc(C(=O)Nc3ccc(NC(=O)Nc4cc(C(C)(C)C)on4)cc3)nc2)C1. The number of carbonyl (C=O) groups is 2. The van der Waals surface area contributed by atoms with Gasteiger partial charge in [-0.15, -0.1) is 0 Å². The van der Waals surface area contributed by atoms with E-state index < -0.39 is 11.9 Å². The van der Waals surface area contributed by atoms with Gasteiger partial charge in [0.25, 0.3) is 11.6 Å². The summed E-state index contributed by atoms with van der Waals surface area (Å²) < 4.78 is 6.22. The number of hydrogen-bond donors (Lipinski definition) is 3. The summed E-state index contributed by atoms with van der Waals surface area (Å²) in [7, 11) is 1.98. The van der Waals surface area contributed by atoms with Crippen molar-refractivity contribution in [2.24, 2.45) is 0 Å². The average molecular weight is 493 g/mol. The monoisotopic (exact) mass is 492 g/mol. The van der Waals surface area contributed by atoms with Gasteiger partial charge < -0.3 is 15.2 Å². The minimum atomic E-state index is -0.471. The van der Waals surface area contributed by atoms with E-state index in [1.54, 1.807) is 36.4 Å². The number of nitrogens with one attached hydrogen (secondary N) is 3. The van der Waals surface area contributed by atoms with Gasteiger partial charge in [0.15, 0.2) is 5.82 Å². The molecular weight excluding hydrogens is 462 g/mol. The zero-order valence-corrected chi connectivity index (χ0v) is 20.7. The third-order valence-electron chi connectivity index (χ3n) is 5.82. The quantitative estimate of drug-likeness (QED) is 0.435. The van der Waals surface area contributed by atoms with Crippen LogP contribution in [0.1, 0.15) is 43.4 Å². The van der Waals surface area contributed by atoms with Crippen LogP contribution in [0.5, 0.6) is 0 Å². The first kappa shape index (κ1) is 25.0. The molecule has 3 heterocycles. The number of urea groups is 1. The third-order valence-corrected chi connectivity index (χ3v) is 5.82. The topological polar surface area (TPSA) is 132 Å². The number of carbonyl (C=O) groups excluding carboxylic acids is 2. The molecule has 11 heteroatoms. The van der Waals surface area contributed by atoms with Gasteiger partial charge in [-0.2, -0.15) is 0 Å². The smallest absolute Gasteiger partial charge is 0.324 e. The summed E-state index contributed by atoms with van der Waals surface area (Å²) in [4.78, 5) is 43.6. The zero-order valence-electron chi connectivity index (χ0n) is 20.7. The van der Waals surface area contributed by atoms with Gasteiger partial charge >= 0.3 is 6.03 Å². The van der Waals surface area contributed by atoms with E-state index in [1.165, 1.54) is 12.3 Å². The second kappa shape index (κ2) is 10.2. The van der Waals surface area contributed by atoms with Crippen molar-refractivity contribution in [2.75, 3.05) is 36.1 Å². The Kier molecular flexibility index (Phi) is 7.11. The lowest BCUT2D eigenvalue weighted by Gasteiger charge is -2.12. The highest BCUT2D eigenvalue weighted by molar-refractivity contribution is 6.03. The first-order valence-electron chi connectivity index (χ1n) is 11.7. The summed E-state index contributed by atoms with van der Waals surface area (Å²) >= 11 is 0. The van der Waals surface area contributed by atoms with Gasteiger partial charge in [-0.05, 0) is 37.4 Å². The molecule has 0 saturated carbocycles. The second-order valence-corrected chi connectivity index (χ2v) is 9.87. The van der Waals surface area contributed by atoms with Gasteiger partial charge in [0, 0.05) is 51.6 Å². The molecule has 1 unspecified atom stereocenters. The summed E-state index contributed by atoms with van der Waals surface area (Å²) in [6.45, 7) is 7.55. The largest absolute Gasteiger partial charge is 0.359 e. The van der Waals surface area contributed by atoms with E-state index in [1.807, 2.05) is 27.8 Å². The number of benzene rings is 1. The molecule has 3 N–H and O–H groups in total. The number of likely N-dealkylation sites (tertiary alicyclic amines) is 1. The highest BCUT2D eigenvalue weighted by Crippen LogP contribution is 2.24. The van der Waals surface area contributed by atoms with Gasteiger partial charge in [0.1, 0.15) is 17.7 Å². The molecule has 1 saturated heterocycles. The molecule has 0 aliphatic carbocycles. The fraction of sp³-hybridized carbons (Fsp3) is 0.360. The Balaban J connectivity index is 1.29. The first-order chi connectivity index (χ1) is 17.1. The van der Waals surface area contributed by atoms with Gasteiger partial charge in [-0.25, -0.2) is 9.78 Å². The summed E-state index contributed by atoms with van der Waals surface area (Å²) in [5, 5.41) is 11.9. The summed E-state index contributed by atoms with van der Waals surface area (Å²) in [6.07, 6.45) is 2.22. The van der Waals surface area contributed by atoms with Gasteiger partial charge in [-0.1, -0.05) is 25.9 Å². The molecule has 0 radical (unpaired) electrons. The molecule has 1 atom stereocenters. The second-order valence-electron chi connectivity index (χ2n) is 9.87. The normalized spacial score (nSPS) is 15.9. The Bertz CT molecular complexity index is 1250. The molecule has 1 fully saturated rings. The Morgan fingerprint density at radius 3 is 2.31 bits per heavy atom. The van der Waals surface area contributed by atoms with Crippen LogP contribution in [0.25, 0.3) is 0 Å². The van der Waals surface area contributed by atoms with Crippen molar-refractivity contribution in [1.82, 2.24) is 15.0 Å². The van der Waals surface area contributed by atoms with Crippen LogP contribution in [0.15, 0.2) is 53.2 Å². The number of nitroso groups, excluding NO2 is 1. The molecule has 1 aliphatic rings. The maximum atomic E-state index is 12.6. The maximum absolute atomic E-state index is 12.6. The van der Waals surface area contributed by atoms with Crippen molar-refractivity contribution < 1.29 is 18.9 Å². The highest BCUT2D eigenvalue weighted by Gasteiger charge is 2.34. The number of rotatable bonds is 6. The van der Waals surface area contributed by atoms with E-state index >= 15 is 0 Å². The standard InChI is InChI=1S/C25H29N7O4/c1-25(2,3)21-13-22(30-36-21)29-24(34)28-17-7-5-16(6-8-17)27-23(33)20-10-9-18(14-26-20)32(35)19-11-12-31(4)15-19/h5-10,13-14,19H,11-12,15H2,1-4H3,(H2-,26,27,28,29,30,33,34,35)/p+1. The van der Waals surface area contributed by atoms with Crippen LogP contribution in [0.3, 0.4) is 0 Å². The molecule has 3 amide bonds. The Hall–Kier alpha value is -4.12. The lowest BCUT2D eigenvalue weighted by atomic mass is 9.93. The number of amides is 3. The molecule has 0 spiro atoms. The molecular formula is C25H30N7O4+. The van der Waals surface area contributed by atoms with Crippen LogP contribution in [0, 0.1) is 4.91 Å². The van der Waals surface area contributed by atoms with E-state index in [-0.39, 0.29) is 17.2 Å². The number of hydrogen-bond acceptors (Lipinski definition) is 7. The number of anilines is 3. The van der Waals surface area contributed by atoms with Crippen LogP contribution < -0.4 is 16.0 Å². The van der Waals surface area contributed by atoms with Crippen LogP contribution in [-0.4, -0.2) is 57.9 Å².